The maximum absolute atomic E-state index is 9.37. The predicted molar refractivity (Wildman–Crippen MR) is 89.2 cm³/mol. The first-order chi connectivity index (χ1) is 8.70. The van der Waals surface area contributed by atoms with Crippen LogP contribution >= 0.6 is 17.9 Å². The standard InChI is InChI=1S/C13H28NO2PS2/c1-10(2)12-6-5-11(3)9-13(12)14(4)7-8-16-17(15,18)19/h10-13H,5-9H2,1-4H3,(H2,15,18,19). The van der Waals surface area contributed by atoms with Crippen LogP contribution in [0.4, 0.5) is 0 Å². The minimum atomic E-state index is -2.81. The Hall–Kier alpha value is 0.880. The predicted octanol–water partition coefficient (Wildman–Crippen LogP) is 3.54. The molecule has 0 bridgehead atoms. The molecule has 1 saturated carbocycles. The van der Waals surface area contributed by atoms with Crippen molar-refractivity contribution in [1.82, 2.24) is 4.90 Å². The van der Waals surface area contributed by atoms with Crippen molar-refractivity contribution in [2.75, 3.05) is 20.2 Å². The second kappa shape index (κ2) is 7.77. The Bertz CT molecular complexity index is 322. The summed E-state index contributed by atoms with van der Waals surface area (Å²) < 4.78 is 5.22. The van der Waals surface area contributed by atoms with E-state index in [2.05, 4.69) is 45.0 Å². The van der Waals surface area contributed by atoms with E-state index in [1.807, 2.05) is 0 Å². The molecule has 1 N–H and O–H groups in total. The Morgan fingerprint density at radius 1 is 1.47 bits per heavy atom. The maximum atomic E-state index is 9.37. The van der Waals surface area contributed by atoms with Crippen LogP contribution in [0, 0.1) is 17.8 Å². The van der Waals surface area contributed by atoms with Gasteiger partial charge in [0.15, 0.2) is 0 Å². The first-order valence-electron chi connectivity index (χ1n) is 7.11. The monoisotopic (exact) mass is 325 g/mol. The number of thiol groups is 1. The molecule has 3 nitrogen and oxygen atoms in total. The van der Waals surface area contributed by atoms with Gasteiger partial charge in [0.2, 0.25) is 5.69 Å². The second-order valence-electron chi connectivity index (χ2n) is 6.20. The molecule has 0 aromatic rings. The van der Waals surface area contributed by atoms with Gasteiger partial charge in [0.1, 0.15) is 0 Å². The molecule has 0 aromatic heterocycles. The fourth-order valence-corrected chi connectivity index (χ4v) is 3.92. The molecular formula is C13H28NO2PS2. The van der Waals surface area contributed by atoms with Gasteiger partial charge in [0, 0.05) is 12.6 Å². The van der Waals surface area contributed by atoms with Crippen LogP contribution in [0.1, 0.15) is 40.0 Å². The van der Waals surface area contributed by atoms with E-state index in [-0.39, 0.29) is 0 Å². The quantitative estimate of drug-likeness (QED) is 0.578. The fourth-order valence-electron chi connectivity index (χ4n) is 3.13. The van der Waals surface area contributed by atoms with E-state index in [4.69, 9.17) is 16.3 Å². The normalized spacial score (nSPS) is 31.7. The summed E-state index contributed by atoms with van der Waals surface area (Å²) in [5.74, 6) is 2.28. The lowest BCUT2D eigenvalue weighted by Gasteiger charge is -2.42. The Morgan fingerprint density at radius 3 is 2.63 bits per heavy atom. The van der Waals surface area contributed by atoms with Crippen molar-refractivity contribution in [3.05, 3.63) is 0 Å². The number of likely N-dealkylation sites (N-methyl/N-ethyl adjacent to an activating group) is 1. The van der Waals surface area contributed by atoms with Crippen molar-refractivity contribution >= 4 is 29.7 Å². The Morgan fingerprint density at radius 2 is 2.11 bits per heavy atom. The van der Waals surface area contributed by atoms with Gasteiger partial charge in [-0.05, 0) is 49.4 Å². The topological polar surface area (TPSA) is 32.7 Å². The molecule has 1 fully saturated rings. The SMILES string of the molecule is CC1CCC(C(C)C)C(N(C)CCOP(O)(=S)S)C1. The Labute approximate surface area is 128 Å². The molecule has 19 heavy (non-hydrogen) atoms. The summed E-state index contributed by atoms with van der Waals surface area (Å²) in [5.41, 5.74) is -2.81. The zero-order chi connectivity index (χ0) is 14.6. The van der Waals surface area contributed by atoms with Gasteiger partial charge < -0.3 is 14.3 Å². The molecule has 0 aromatic carbocycles. The number of hydrogen-bond donors (Lipinski definition) is 2. The average molecular weight is 325 g/mol. The summed E-state index contributed by atoms with van der Waals surface area (Å²) in [6.07, 6.45) is 3.92. The molecule has 4 unspecified atom stereocenters. The van der Waals surface area contributed by atoms with E-state index >= 15 is 0 Å². The van der Waals surface area contributed by atoms with Crippen molar-refractivity contribution in [2.45, 2.75) is 46.1 Å². The smallest absolute Gasteiger partial charge is 0.241 e. The zero-order valence-electron chi connectivity index (χ0n) is 12.5. The molecular weight excluding hydrogens is 297 g/mol. The molecule has 0 saturated heterocycles. The molecule has 1 aliphatic carbocycles. The van der Waals surface area contributed by atoms with Crippen molar-refractivity contribution in [3.8, 4) is 0 Å². The third kappa shape index (κ3) is 6.45. The van der Waals surface area contributed by atoms with Gasteiger partial charge >= 0.3 is 0 Å². The lowest BCUT2D eigenvalue weighted by molar-refractivity contribution is 0.0689. The molecule has 0 spiro atoms. The van der Waals surface area contributed by atoms with Crippen molar-refractivity contribution < 1.29 is 9.42 Å². The fraction of sp³-hybridized carbons (Fsp3) is 1.00. The number of nitrogens with zero attached hydrogens (tertiary/aromatic N) is 1. The van der Waals surface area contributed by atoms with Gasteiger partial charge in [0.25, 0.3) is 0 Å². The molecule has 4 atom stereocenters. The van der Waals surface area contributed by atoms with Crippen molar-refractivity contribution in [1.29, 1.82) is 0 Å². The van der Waals surface area contributed by atoms with Crippen LogP contribution in [0.2, 0.25) is 0 Å². The molecule has 0 amide bonds. The van der Waals surface area contributed by atoms with E-state index in [0.29, 0.717) is 18.6 Å². The van der Waals surface area contributed by atoms with Crippen LogP contribution in [0.25, 0.3) is 0 Å². The van der Waals surface area contributed by atoms with Gasteiger partial charge in [-0.1, -0.05) is 39.4 Å². The van der Waals surface area contributed by atoms with E-state index in [0.717, 1.165) is 18.4 Å². The van der Waals surface area contributed by atoms with Gasteiger partial charge in [0.05, 0.1) is 6.61 Å². The molecule has 6 heteroatoms. The van der Waals surface area contributed by atoms with Crippen LogP contribution in [0.3, 0.4) is 0 Å². The minimum Gasteiger partial charge on any atom is -0.338 e. The van der Waals surface area contributed by atoms with Gasteiger partial charge in [-0.3, -0.25) is 0 Å². The highest BCUT2D eigenvalue weighted by molar-refractivity contribution is 8.59. The molecule has 0 heterocycles. The van der Waals surface area contributed by atoms with Gasteiger partial charge in [-0.2, -0.15) is 0 Å². The largest absolute Gasteiger partial charge is 0.338 e. The molecule has 114 valence electrons. The highest BCUT2D eigenvalue weighted by atomic mass is 32.9. The molecule has 1 aliphatic rings. The Balaban J connectivity index is 2.51. The highest BCUT2D eigenvalue weighted by Gasteiger charge is 2.32. The van der Waals surface area contributed by atoms with Crippen LogP contribution < -0.4 is 0 Å². The van der Waals surface area contributed by atoms with Crippen LogP contribution in [0.15, 0.2) is 0 Å². The summed E-state index contributed by atoms with van der Waals surface area (Å²) in [5, 5.41) is 0. The summed E-state index contributed by atoms with van der Waals surface area (Å²) in [4.78, 5) is 11.7. The van der Waals surface area contributed by atoms with E-state index in [1.165, 1.54) is 19.3 Å². The first-order valence-corrected chi connectivity index (χ1v) is 10.9. The van der Waals surface area contributed by atoms with Gasteiger partial charge in [-0.25, -0.2) is 0 Å². The summed E-state index contributed by atoms with van der Waals surface area (Å²) in [7, 11) is 2.15. The van der Waals surface area contributed by atoms with Crippen LogP contribution in [0.5, 0.6) is 0 Å². The third-order valence-electron chi connectivity index (χ3n) is 4.26. The molecule has 1 rings (SSSR count). The number of rotatable bonds is 6. The molecule has 0 radical (unpaired) electrons. The summed E-state index contributed by atoms with van der Waals surface area (Å²) in [6.45, 7) is 8.25. The highest BCUT2D eigenvalue weighted by Crippen LogP contribution is 2.47. The van der Waals surface area contributed by atoms with Gasteiger partial charge in [-0.15, -0.1) is 0 Å². The lowest BCUT2D eigenvalue weighted by atomic mass is 9.73. The number of hydrogen-bond acceptors (Lipinski definition) is 3. The van der Waals surface area contributed by atoms with E-state index in [9.17, 15) is 4.89 Å². The summed E-state index contributed by atoms with van der Waals surface area (Å²) in [6, 6.07) is 0.615. The van der Waals surface area contributed by atoms with Crippen molar-refractivity contribution in [3.63, 3.8) is 0 Å². The molecule has 0 aliphatic heterocycles. The van der Waals surface area contributed by atoms with Crippen molar-refractivity contribution in [2.24, 2.45) is 17.8 Å². The minimum absolute atomic E-state index is 0.462. The van der Waals surface area contributed by atoms with Crippen LogP contribution in [-0.2, 0) is 16.3 Å². The maximum Gasteiger partial charge on any atom is 0.241 e. The van der Waals surface area contributed by atoms with Crippen LogP contribution in [-0.4, -0.2) is 36.0 Å². The average Bonchev–Trinajstić information content (AvgIpc) is 2.26. The second-order valence-corrected chi connectivity index (χ2v) is 11.4. The summed E-state index contributed by atoms with van der Waals surface area (Å²) >= 11 is 8.66. The van der Waals surface area contributed by atoms with E-state index in [1.54, 1.807) is 0 Å². The third-order valence-corrected chi connectivity index (χ3v) is 5.44. The Kier molecular flexibility index (Phi) is 7.33. The lowest BCUT2D eigenvalue weighted by Crippen LogP contribution is -2.45. The van der Waals surface area contributed by atoms with E-state index < -0.39 is 5.69 Å². The first kappa shape index (κ1) is 17.9. The zero-order valence-corrected chi connectivity index (χ0v) is 15.1.